The van der Waals surface area contributed by atoms with E-state index in [0.29, 0.717) is 24.2 Å². The number of ether oxygens (including phenoxy) is 1. The van der Waals surface area contributed by atoms with E-state index in [1.807, 2.05) is 37.3 Å². The highest BCUT2D eigenvalue weighted by atomic mass is 16.5. The Morgan fingerprint density at radius 2 is 1.67 bits per heavy atom. The zero-order chi connectivity index (χ0) is 25.8. The Kier molecular flexibility index (Phi) is 7.14. The number of carbonyl (C=O) groups excluding carboxylic acids is 2. The molecule has 1 N–H and O–H groups in total. The third-order valence-corrected chi connectivity index (χ3v) is 5.95. The van der Waals surface area contributed by atoms with Gasteiger partial charge in [0.15, 0.2) is 5.52 Å². The van der Waals surface area contributed by atoms with Crippen molar-refractivity contribution in [2.45, 2.75) is 39.9 Å². The van der Waals surface area contributed by atoms with E-state index in [-0.39, 0.29) is 29.9 Å². The van der Waals surface area contributed by atoms with Gasteiger partial charge in [0.2, 0.25) is 5.91 Å². The Bertz CT molecular complexity index is 1550. The summed E-state index contributed by atoms with van der Waals surface area (Å²) in [6.07, 6.45) is 0.472. The number of fused-ring (bicyclic) bond motifs is 1. The molecule has 0 atom stereocenters. The predicted molar refractivity (Wildman–Crippen MR) is 135 cm³/mol. The summed E-state index contributed by atoms with van der Waals surface area (Å²) >= 11 is 0. The standard InChI is InChI=1S/C26H27N5O5/c1-4-31-23-22(17(2)28-31)30(16-21(32)27-20-13-9-8-12-19(20)25(34)36-3)26(35)29(24(23)33)15-14-18-10-6-5-7-11-18/h5-13H,4,14-16H2,1-3H3,(H,27,32). The molecule has 0 aliphatic carbocycles. The average Bonchev–Trinajstić information content (AvgIpc) is 3.23. The van der Waals surface area contributed by atoms with Gasteiger partial charge < -0.3 is 10.1 Å². The topological polar surface area (TPSA) is 117 Å². The molecule has 36 heavy (non-hydrogen) atoms. The molecule has 4 aromatic rings. The monoisotopic (exact) mass is 489 g/mol. The van der Waals surface area contributed by atoms with Crippen LogP contribution in [0.25, 0.3) is 11.0 Å². The number of hydrogen-bond acceptors (Lipinski definition) is 6. The number of hydrogen-bond donors (Lipinski definition) is 1. The first kappa shape index (κ1) is 24.6. The molecule has 10 heteroatoms. The molecule has 2 heterocycles. The van der Waals surface area contributed by atoms with E-state index in [0.717, 1.165) is 10.1 Å². The number of rotatable bonds is 8. The lowest BCUT2D eigenvalue weighted by molar-refractivity contribution is -0.116. The number of aryl methyl sites for hydroxylation is 3. The fourth-order valence-corrected chi connectivity index (χ4v) is 4.23. The number of amides is 1. The first-order valence-electron chi connectivity index (χ1n) is 11.6. The Morgan fingerprint density at radius 3 is 2.36 bits per heavy atom. The van der Waals surface area contributed by atoms with Crippen LogP contribution in [0.2, 0.25) is 0 Å². The summed E-state index contributed by atoms with van der Waals surface area (Å²) < 4.78 is 8.75. The van der Waals surface area contributed by atoms with Crippen molar-refractivity contribution in [3.8, 4) is 0 Å². The molecule has 0 bridgehead atoms. The van der Waals surface area contributed by atoms with E-state index in [1.165, 1.54) is 17.7 Å². The fourth-order valence-electron chi connectivity index (χ4n) is 4.23. The van der Waals surface area contributed by atoms with Crippen LogP contribution in [0.15, 0.2) is 64.2 Å². The van der Waals surface area contributed by atoms with Crippen LogP contribution >= 0.6 is 0 Å². The number of benzene rings is 2. The molecular formula is C26H27N5O5. The maximum absolute atomic E-state index is 13.5. The number of nitrogens with one attached hydrogen (secondary N) is 1. The van der Waals surface area contributed by atoms with E-state index in [1.54, 1.807) is 29.8 Å². The second-order valence-corrected chi connectivity index (χ2v) is 8.24. The van der Waals surface area contributed by atoms with Crippen molar-refractivity contribution in [1.82, 2.24) is 18.9 Å². The van der Waals surface area contributed by atoms with Crippen molar-refractivity contribution >= 4 is 28.6 Å². The zero-order valence-corrected chi connectivity index (χ0v) is 20.4. The molecule has 2 aromatic heterocycles. The molecule has 0 spiro atoms. The Labute approximate surface area is 206 Å². The number of nitrogens with zero attached hydrogens (tertiary/aromatic N) is 4. The first-order valence-corrected chi connectivity index (χ1v) is 11.6. The molecule has 186 valence electrons. The summed E-state index contributed by atoms with van der Waals surface area (Å²) in [5.41, 5.74) is 1.45. The third kappa shape index (κ3) is 4.70. The lowest BCUT2D eigenvalue weighted by Gasteiger charge is -2.14. The number of carbonyl (C=O) groups is 2. The molecule has 10 nitrogen and oxygen atoms in total. The molecule has 4 rings (SSSR count). The Balaban J connectivity index is 1.76. The van der Waals surface area contributed by atoms with Gasteiger partial charge in [-0.2, -0.15) is 5.10 Å². The van der Waals surface area contributed by atoms with E-state index in [4.69, 9.17) is 4.74 Å². The number of aromatic nitrogens is 4. The summed E-state index contributed by atoms with van der Waals surface area (Å²) in [5, 5.41) is 7.10. The average molecular weight is 490 g/mol. The normalized spacial score (nSPS) is 11.0. The molecule has 1 amide bonds. The van der Waals surface area contributed by atoms with Crippen molar-refractivity contribution in [3.05, 3.63) is 92.3 Å². The summed E-state index contributed by atoms with van der Waals surface area (Å²) in [6.45, 7) is 3.76. The SMILES string of the molecule is CCn1nc(C)c2c1c(=O)n(CCc1ccccc1)c(=O)n2CC(=O)Nc1ccccc1C(=O)OC. The van der Waals surface area contributed by atoms with Gasteiger partial charge in [0.1, 0.15) is 12.1 Å². The highest BCUT2D eigenvalue weighted by molar-refractivity contribution is 6.01. The molecular weight excluding hydrogens is 462 g/mol. The molecule has 0 fully saturated rings. The number of anilines is 1. The summed E-state index contributed by atoms with van der Waals surface area (Å²) in [6, 6.07) is 16.0. The summed E-state index contributed by atoms with van der Waals surface area (Å²) in [5.74, 6) is -1.13. The van der Waals surface area contributed by atoms with Gasteiger partial charge in [-0.15, -0.1) is 0 Å². The molecule has 0 unspecified atom stereocenters. The van der Waals surface area contributed by atoms with Crippen molar-refractivity contribution in [1.29, 1.82) is 0 Å². The van der Waals surface area contributed by atoms with E-state index in [9.17, 15) is 19.2 Å². The summed E-state index contributed by atoms with van der Waals surface area (Å²) in [4.78, 5) is 52.0. The van der Waals surface area contributed by atoms with Gasteiger partial charge in [-0.1, -0.05) is 42.5 Å². The van der Waals surface area contributed by atoms with Crippen LogP contribution in [-0.2, 0) is 35.6 Å². The largest absolute Gasteiger partial charge is 0.465 e. The van der Waals surface area contributed by atoms with Crippen LogP contribution < -0.4 is 16.6 Å². The molecule has 0 saturated carbocycles. The maximum atomic E-state index is 13.5. The quantitative estimate of drug-likeness (QED) is 0.380. The van der Waals surface area contributed by atoms with Crippen LogP contribution in [0.1, 0.15) is 28.5 Å². The molecule has 0 saturated heterocycles. The van der Waals surface area contributed by atoms with Gasteiger partial charge in [-0.25, -0.2) is 9.59 Å². The fraction of sp³-hybridized carbons (Fsp3) is 0.269. The highest BCUT2D eigenvalue weighted by Crippen LogP contribution is 2.17. The third-order valence-electron chi connectivity index (χ3n) is 5.95. The molecule has 0 radical (unpaired) electrons. The second-order valence-electron chi connectivity index (χ2n) is 8.24. The van der Waals surface area contributed by atoms with Gasteiger partial charge in [-0.05, 0) is 38.0 Å². The lowest BCUT2D eigenvalue weighted by atomic mass is 10.1. The van der Waals surface area contributed by atoms with Crippen LogP contribution in [0.3, 0.4) is 0 Å². The van der Waals surface area contributed by atoms with Gasteiger partial charge >= 0.3 is 11.7 Å². The van der Waals surface area contributed by atoms with Crippen molar-refractivity contribution in [3.63, 3.8) is 0 Å². The van der Waals surface area contributed by atoms with Gasteiger partial charge in [0, 0.05) is 13.1 Å². The van der Waals surface area contributed by atoms with Crippen molar-refractivity contribution in [2.24, 2.45) is 0 Å². The van der Waals surface area contributed by atoms with Gasteiger partial charge in [0.05, 0.1) is 24.1 Å². The predicted octanol–water partition coefficient (Wildman–Crippen LogP) is 2.36. The highest BCUT2D eigenvalue weighted by Gasteiger charge is 2.22. The zero-order valence-electron chi connectivity index (χ0n) is 20.4. The minimum absolute atomic E-state index is 0.151. The maximum Gasteiger partial charge on any atom is 0.339 e. The van der Waals surface area contributed by atoms with Crippen LogP contribution in [-0.4, -0.2) is 37.9 Å². The number of para-hydroxylation sites is 1. The lowest BCUT2D eigenvalue weighted by Crippen LogP contribution is -2.42. The van der Waals surface area contributed by atoms with Crippen molar-refractivity contribution < 1.29 is 14.3 Å². The van der Waals surface area contributed by atoms with E-state index in [2.05, 4.69) is 10.4 Å². The van der Waals surface area contributed by atoms with Crippen LogP contribution in [0.5, 0.6) is 0 Å². The number of methoxy groups -OCH3 is 1. The minimum Gasteiger partial charge on any atom is -0.465 e. The smallest absolute Gasteiger partial charge is 0.339 e. The Morgan fingerprint density at radius 1 is 0.972 bits per heavy atom. The first-order chi connectivity index (χ1) is 17.3. The van der Waals surface area contributed by atoms with Gasteiger partial charge in [-0.3, -0.25) is 23.4 Å². The van der Waals surface area contributed by atoms with Crippen molar-refractivity contribution in [2.75, 3.05) is 12.4 Å². The van der Waals surface area contributed by atoms with Gasteiger partial charge in [0.25, 0.3) is 5.56 Å². The Hall–Kier alpha value is -4.47. The number of esters is 1. The van der Waals surface area contributed by atoms with E-state index < -0.39 is 23.1 Å². The van der Waals surface area contributed by atoms with Crippen LogP contribution in [0, 0.1) is 6.92 Å². The van der Waals surface area contributed by atoms with Crippen LogP contribution in [0.4, 0.5) is 5.69 Å². The molecule has 2 aromatic carbocycles. The molecule has 0 aliphatic heterocycles. The summed E-state index contributed by atoms with van der Waals surface area (Å²) in [7, 11) is 1.25. The van der Waals surface area contributed by atoms with E-state index >= 15 is 0 Å². The molecule has 0 aliphatic rings. The second kappa shape index (κ2) is 10.4. The minimum atomic E-state index is -0.599.